The molecule has 1 aliphatic rings. The molecule has 1 unspecified atom stereocenters. The van der Waals surface area contributed by atoms with E-state index in [2.05, 4.69) is 29.8 Å². The third-order valence-electron chi connectivity index (χ3n) is 3.64. The van der Waals surface area contributed by atoms with Crippen molar-refractivity contribution in [2.75, 3.05) is 19.7 Å². The summed E-state index contributed by atoms with van der Waals surface area (Å²) in [6.07, 6.45) is 0.643. The van der Waals surface area contributed by atoms with Crippen LogP contribution in [0.4, 0.5) is 0 Å². The zero-order valence-electron chi connectivity index (χ0n) is 13.0. The number of halogens is 2. The van der Waals surface area contributed by atoms with Gasteiger partial charge in [-0.3, -0.25) is 4.79 Å². The molecule has 1 fully saturated rings. The molecule has 2 rings (SSSR count). The molecule has 1 aliphatic heterocycles. The highest BCUT2D eigenvalue weighted by atomic mass is 79.9. The zero-order valence-corrected chi connectivity index (χ0v) is 15.4. The number of rotatable bonds is 4. The van der Waals surface area contributed by atoms with Crippen LogP contribution in [0.1, 0.15) is 31.9 Å². The molecule has 6 heteroatoms. The van der Waals surface area contributed by atoms with Crippen molar-refractivity contribution in [3.63, 3.8) is 0 Å². The molecule has 0 spiro atoms. The van der Waals surface area contributed by atoms with Gasteiger partial charge in [-0.25, -0.2) is 0 Å². The molecule has 0 aliphatic carbocycles. The molecule has 1 aromatic rings. The molecule has 22 heavy (non-hydrogen) atoms. The van der Waals surface area contributed by atoms with E-state index >= 15 is 0 Å². The van der Waals surface area contributed by atoms with Crippen LogP contribution in [0.5, 0.6) is 0 Å². The van der Waals surface area contributed by atoms with Crippen molar-refractivity contribution >= 4 is 34.2 Å². The lowest BCUT2D eigenvalue weighted by atomic mass is 10.0. The fraction of sp³-hybridized carbons (Fsp3) is 0.562. The highest BCUT2D eigenvalue weighted by molar-refractivity contribution is 9.10. The van der Waals surface area contributed by atoms with Crippen molar-refractivity contribution in [1.29, 1.82) is 0 Å². The van der Waals surface area contributed by atoms with Gasteiger partial charge in [0.1, 0.15) is 6.10 Å². The van der Waals surface area contributed by atoms with E-state index in [-0.39, 0.29) is 24.4 Å². The van der Waals surface area contributed by atoms with E-state index in [4.69, 9.17) is 10.5 Å². The van der Waals surface area contributed by atoms with Crippen molar-refractivity contribution in [1.82, 2.24) is 4.90 Å². The number of morpholine rings is 1. The topological polar surface area (TPSA) is 55.6 Å². The number of carbonyl (C=O) groups is 1. The van der Waals surface area contributed by atoms with Gasteiger partial charge < -0.3 is 15.4 Å². The number of ether oxygens (including phenoxy) is 1. The molecule has 0 aromatic heterocycles. The van der Waals surface area contributed by atoms with Gasteiger partial charge in [0.25, 0.3) is 0 Å². The average molecular weight is 392 g/mol. The van der Waals surface area contributed by atoms with Crippen molar-refractivity contribution in [2.24, 2.45) is 11.7 Å². The van der Waals surface area contributed by atoms with Gasteiger partial charge in [-0.15, -0.1) is 12.4 Å². The molecular formula is C16H24BrClN2O2. The van der Waals surface area contributed by atoms with Gasteiger partial charge in [0.05, 0.1) is 19.2 Å². The van der Waals surface area contributed by atoms with E-state index in [0.717, 1.165) is 16.5 Å². The Bertz CT molecular complexity index is 499. The minimum absolute atomic E-state index is 0. The summed E-state index contributed by atoms with van der Waals surface area (Å²) in [5.41, 5.74) is 7.10. The zero-order chi connectivity index (χ0) is 15.4. The van der Waals surface area contributed by atoms with Gasteiger partial charge in [0.2, 0.25) is 5.91 Å². The first-order valence-electron chi connectivity index (χ1n) is 7.39. The molecule has 1 heterocycles. The first-order chi connectivity index (χ1) is 9.97. The Morgan fingerprint density at radius 2 is 2.23 bits per heavy atom. The maximum atomic E-state index is 12.4. The smallest absolute Gasteiger partial charge is 0.239 e. The Kier molecular flexibility index (Phi) is 7.83. The molecule has 1 amide bonds. The second-order valence-electron chi connectivity index (χ2n) is 5.93. The van der Waals surface area contributed by atoms with Crippen LogP contribution in [-0.4, -0.2) is 36.5 Å². The number of benzene rings is 1. The summed E-state index contributed by atoms with van der Waals surface area (Å²) < 4.78 is 6.82. The van der Waals surface area contributed by atoms with Crippen molar-refractivity contribution in [2.45, 2.75) is 32.4 Å². The van der Waals surface area contributed by atoms with E-state index in [1.807, 2.05) is 29.2 Å². The van der Waals surface area contributed by atoms with Crippen molar-refractivity contribution < 1.29 is 9.53 Å². The number of hydrogen-bond acceptors (Lipinski definition) is 3. The maximum absolute atomic E-state index is 12.4. The van der Waals surface area contributed by atoms with Crippen LogP contribution in [0.2, 0.25) is 0 Å². The van der Waals surface area contributed by atoms with Crippen LogP contribution in [0.25, 0.3) is 0 Å². The SMILES string of the molecule is CC(C)C[C@H](N)C(=O)N1CCOC(c2cccc(Br)c2)C1.Cl. The molecule has 1 aromatic carbocycles. The summed E-state index contributed by atoms with van der Waals surface area (Å²) in [7, 11) is 0. The molecule has 124 valence electrons. The number of nitrogens with two attached hydrogens (primary N) is 1. The van der Waals surface area contributed by atoms with Gasteiger partial charge >= 0.3 is 0 Å². The summed E-state index contributed by atoms with van der Waals surface area (Å²) in [6, 6.07) is 7.61. The average Bonchev–Trinajstić information content (AvgIpc) is 2.46. The third kappa shape index (κ3) is 5.23. The number of carbonyl (C=O) groups excluding carboxylic acids is 1. The molecule has 0 saturated carbocycles. The maximum Gasteiger partial charge on any atom is 0.239 e. The van der Waals surface area contributed by atoms with E-state index < -0.39 is 6.04 Å². The van der Waals surface area contributed by atoms with Gasteiger partial charge in [0, 0.05) is 11.0 Å². The molecule has 0 radical (unpaired) electrons. The van der Waals surface area contributed by atoms with E-state index in [9.17, 15) is 4.79 Å². The fourth-order valence-corrected chi connectivity index (χ4v) is 3.02. The third-order valence-corrected chi connectivity index (χ3v) is 4.13. The van der Waals surface area contributed by atoms with Gasteiger partial charge in [-0.2, -0.15) is 0 Å². The van der Waals surface area contributed by atoms with E-state index in [1.165, 1.54) is 0 Å². The first kappa shape index (κ1) is 19.4. The summed E-state index contributed by atoms with van der Waals surface area (Å²) in [4.78, 5) is 14.2. The van der Waals surface area contributed by atoms with E-state index in [1.54, 1.807) is 0 Å². The number of amides is 1. The summed E-state index contributed by atoms with van der Waals surface area (Å²) in [5.74, 6) is 0.456. The van der Waals surface area contributed by atoms with Crippen LogP contribution in [0.3, 0.4) is 0 Å². The minimum Gasteiger partial charge on any atom is -0.370 e. The largest absolute Gasteiger partial charge is 0.370 e. The summed E-state index contributed by atoms with van der Waals surface area (Å²) in [6.45, 7) is 5.90. The summed E-state index contributed by atoms with van der Waals surface area (Å²) >= 11 is 3.47. The minimum atomic E-state index is -0.411. The molecule has 2 atom stereocenters. The fourth-order valence-electron chi connectivity index (χ4n) is 2.60. The second-order valence-corrected chi connectivity index (χ2v) is 6.85. The van der Waals surface area contributed by atoms with Crippen molar-refractivity contribution in [3.8, 4) is 0 Å². The Morgan fingerprint density at radius 3 is 2.86 bits per heavy atom. The molecule has 0 bridgehead atoms. The van der Waals surface area contributed by atoms with Crippen LogP contribution in [0, 0.1) is 5.92 Å². The molecule has 2 N–H and O–H groups in total. The Balaban J connectivity index is 0.00000242. The Labute approximate surface area is 146 Å². The van der Waals surface area contributed by atoms with Gasteiger partial charge in [0.15, 0.2) is 0 Å². The predicted octanol–water partition coefficient (Wildman–Crippen LogP) is 3.14. The number of hydrogen-bond donors (Lipinski definition) is 1. The van der Waals surface area contributed by atoms with Crippen LogP contribution < -0.4 is 5.73 Å². The van der Waals surface area contributed by atoms with Crippen LogP contribution >= 0.6 is 28.3 Å². The lowest BCUT2D eigenvalue weighted by molar-refractivity contribution is -0.140. The van der Waals surface area contributed by atoms with Crippen LogP contribution in [0.15, 0.2) is 28.7 Å². The monoisotopic (exact) mass is 390 g/mol. The lowest BCUT2D eigenvalue weighted by Crippen LogP contribution is -2.49. The molecule has 4 nitrogen and oxygen atoms in total. The highest BCUT2D eigenvalue weighted by Crippen LogP contribution is 2.25. The second kappa shape index (κ2) is 8.87. The molecule has 1 saturated heterocycles. The molecular weight excluding hydrogens is 368 g/mol. The predicted molar refractivity (Wildman–Crippen MR) is 94.1 cm³/mol. The highest BCUT2D eigenvalue weighted by Gasteiger charge is 2.28. The van der Waals surface area contributed by atoms with Gasteiger partial charge in [-0.1, -0.05) is 41.9 Å². The normalized spacial score (nSPS) is 19.7. The summed E-state index contributed by atoms with van der Waals surface area (Å²) in [5, 5.41) is 0. The Hall–Kier alpha value is -0.620. The van der Waals surface area contributed by atoms with Crippen molar-refractivity contribution in [3.05, 3.63) is 34.3 Å². The number of nitrogens with zero attached hydrogens (tertiary/aromatic N) is 1. The van der Waals surface area contributed by atoms with E-state index in [0.29, 0.717) is 25.6 Å². The van der Waals surface area contributed by atoms with Gasteiger partial charge in [-0.05, 0) is 30.0 Å². The first-order valence-corrected chi connectivity index (χ1v) is 8.18. The van der Waals surface area contributed by atoms with Crippen LogP contribution in [-0.2, 0) is 9.53 Å². The quantitative estimate of drug-likeness (QED) is 0.858. The standard InChI is InChI=1S/C16H23BrN2O2.ClH/c1-11(2)8-14(18)16(20)19-6-7-21-15(10-19)12-4-3-5-13(17)9-12;/h3-5,9,11,14-15H,6-8,10,18H2,1-2H3;1H/t14-,15?;/m0./s1. The Morgan fingerprint density at radius 1 is 1.50 bits per heavy atom. The lowest BCUT2D eigenvalue weighted by Gasteiger charge is -2.35.